The van der Waals surface area contributed by atoms with Gasteiger partial charge in [-0.3, -0.25) is 9.69 Å². The van der Waals surface area contributed by atoms with E-state index in [1.54, 1.807) is 0 Å². The van der Waals surface area contributed by atoms with Crippen molar-refractivity contribution in [3.05, 3.63) is 29.3 Å². The van der Waals surface area contributed by atoms with Crippen LogP contribution in [0.15, 0.2) is 18.2 Å². The number of anilines is 1. The van der Waals surface area contributed by atoms with Crippen molar-refractivity contribution in [1.82, 2.24) is 9.80 Å². The molecule has 0 aromatic heterocycles. The summed E-state index contributed by atoms with van der Waals surface area (Å²) in [7, 11) is 0. The van der Waals surface area contributed by atoms with Crippen molar-refractivity contribution in [3.8, 4) is 6.07 Å². The van der Waals surface area contributed by atoms with E-state index in [4.69, 9.17) is 10.00 Å². The summed E-state index contributed by atoms with van der Waals surface area (Å²) in [5.74, 6) is -0.630. The molecular weight excluding hydrogens is 442 g/mol. The Morgan fingerprint density at radius 3 is 2.25 bits per heavy atom. The minimum atomic E-state index is -4.95. The summed E-state index contributed by atoms with van der Waals surface area (Å²) in [5.41, 5.74) is -2.49. The second-order valence-corrected chi connectivity index (χ2v) is 7.97. The fraction of sp³-hybridized carbons (Fsp3) is 0.600. The number of hydrogen-bond acceptors (Lipinski definition) is 5. The minimum absolute atomic E-state index is 0.263. The molecule has 32 heavy (non-hydrogen) atoms. The van der Waals surface area contributed by atoms with Crippen LogP contribution >= 0.6 is 0 Å². The van der Waals surface area contributed by atoms with E-state index in [1.165, 1.54) is 11.0 Å². The van der Waals surface area contributed by atoms with E-state index >= 15 is 0 Å². The molecule has 0 spiro atoms. The zero-order chi connectivity index (χ0) is 23.8. The molecule has 176 valence electrons. The quantitative estimate of drug-likeness (QED) is 0.643. The Bertz CT molecular complexity index is 888. The first-order valence-electron chi connectivity index (χ1n) is 9.96. The zero-order valence-electron chi connectivity index (χ0n) is 17.4. The minimum Gasteiger partial charge on any atom is -0.338 e. The predicted molar refractivity (Wildman–Crippen MR) is 102 cm³/mol. The van der Waals surface area contributed by atoms with Crippen LogP contribution in [0.4, 0.5) is 32.0 Å². The molecule has 1 aromatic rings. The summed E-state index contributed by atoms with van der Waals surface area (Å²) in [6.45, 7) is 5.20. The van der Waals surface area contributed by atoms with Crippen LogP contribution < -0.4 is 4.90 Å². The van der Waals surface area contributed by atoms with Crippen LogP contribution in [0.3, 0.4) is 0 Å². The van der Waals surface area contributed by atoms with Crippen LogP contribution in [-0.2, 0) is 15.7 Å². The molecule has 2 heterocycles. The third-order valence-electron chi connectivity index (χ3n) is 5.61. The van der Waals surface area contributed by atoms with Crippen molar-refractivity contribution in [2.75, 3.05) is 37.6 Å². The Morgan fingerprint density at radius 2 is 1.75 bits per heavy atom. The average Bonchev–Trinajstić information content (AvgIpc) is 3.18. The van der Waals surface area contributed by atoms with Crippen LogP contribution in [0.1, 0.15) is 25.0 Å². The van der Waals surface area contributed by atoms with Crippen molar-refractivity contribution in [2.45, 2.75) is 44.6 Å². The van der Waals surface area contributed by atoms with Crippen LogP contribution in [0, 0.1) is 11.3 Å². The Balaban J connectivity index is 1.84. The van der Waals surface area contributed by atoms with E-state index in [0.717, 1.165) is 12.1 Å². The second-order valence-electron chi connectivity index (χ2n) is 7.97. The number of rotatable bonds is 3. The van der Waals surface area contributed by atoms with Crippen LogP contribution in [0.25, 0.3) is 0 Å². The lowest BCUT2D eigenvalue weighted by atomic mass is 10.1. The van der Waals surface area contributed by atoms with Gasteiger partial charge < -0.3 is 14.5 Å². The number of carbonyl (C=O) groups is 1. The fourth-order valence-corrected chi connectivity index (χ4v) is 3.88. The molecule has 0 bridgehead atoms. The number of hydrogen-bond donors (Lipinski definition) is 0. The summed E-state index contributed by atoms with van der Waals surface area (Å²) in [6.07, 6.45) is -13.9. The highest BCUT2D eigenvalue weighted by Crippen LogP contribution is 2.39. The third-order valence-corrected chi connectivity index (χ3v) is 5.61. The highest BCUT2D eigenvalue weighted by atomic mass is 19.4. The van der Waals surface area contributed by atoms with Crippen LogP contribution in [0.5, 0.6) is 0 Å². The summed E-state index contributed by atoms with van der Waals surface area (Å²) in [6, 6.07) is 3.93. The molecule has 1 amide bonds. The van der Waals surface area contributed by atoms with Crippen molar-refractivity contribution in [3.63, 3.8) is 0 Å². The van der Waals surface area contributed by atoms with Crippen molar-refractivity contribution >= 4 is 11.6 Å². The highest BCUT2D eigenvalue weighted by molar-refractivity contribution is 5.82. The lowest BCUT2D eigenvalue weighted by Gasteiger charge is -2.37. The van der Waals surface area contributed by atoms with Gasteiger partial charge in [0, 0.05) is 37.9 Å². The van der Waals surface area contributed by atoms with E-state index in [0.29, 0.717) is 37.1 Å². The number of halogens is 6. The molecule has 2 aliphatic rings. The van der Waals surface area contributed by atoms with Crippen molar-refractivity contribution in [2.24, 2.45) is 0 Å². The summed E-state index contributed by atoms with van der Waals surface area (Å²) in [4.78, 5) is 16.9. The highest BCUT2D eigenvalue weighted by Gasteiger charge is 2.53. The first-order chi connectivity index (χ1) is 14.8. The number of carbonyl (C=O) groups excluding carboxylic acids is 1. The van der Waals surface area contributed by atoms with Crippen LogP contribution in [0.2, 0.25) is 0 Å². The molecule has 0 aliphatic carbocycles. The first-order valence-corrected chi connectivity index (χ1v) is 9.96. The molecule has 2 saturated heterocycles. The van der Waals surface area contributed by atoms with Crippen LogP contribution in [-0.4, -0.2) is 73.0 Å². The summed E-state index contributed by atoms with van der Waals surface area (Å²) in [5, 5.41) is 8.91. The molecule has 1 aromatic carbocycles. The molecule has 6 nitrogen and oxygen atoms in total. The number of benzene rings is 1. The monoisotopic (exact) mass is 464 g/mol. The molecule has 2 fully saturated rings. The van der Waals surface area contributed by atoms with Gasteiger partial charge in [-0.2, -0.15) is 31.6 Å². The second kappa shape index (κ2) is 8.78. The van der Waals surface area contributed by atoms with E-state index in [1.807, 2.05) is 13.8 Å². The third kappa shape index (κ3) is 4.94. The SMILES string of the molecule is CC(C)N1CCN(C(=O)C2CN(c3ccc(C#N)c(C(F)(F)F)c3)C(C(F)(F)F)O2)CC1. The molecule has 2 atom stereocenters. The normalized spacial score (nSPS) is 23.0. The van der Waals surface area contributed by atoms with Crippen molar-refractivity contribution in [1.29, 1.82) is 5.26 Å². The number of nitrogens with zero attached hydrogens (tertiary/aromatic N) is 4. The van der Waals surface area contributed by atoms with Gasteiger partial charge in [0.15, 0.2) is 6.10 Å². The maximum absolute atomic E-state index is 13.6. The maximum Gasteiger partial charge on any atom is 0.433 e. The Morgan fingerprint density at radius 1 is 1.12 bits per heavy atom. The number of piperazine rings is 1. The van der Waals surface area contributed by atoms with Gasteiger partial charge in [-0.1, -0.05) is 0 Å². The smallest absolute Gasteiger partial charge is 0.338 e. The fourth-order valence-electron chi connectivity index (χ4n) is 3.88. The molecule has 0 N–H and O–H groups in total. The van der Waals surface area contributed by atoms with Gasteiger partial charge in [0.2, 0.25) is 6.23 Å². The lowest BCUT2D eigenvalue weighted by Crippen LogP contribution is -2.53. The summed E-state index contributed by atoms with van der Waals surface area (Å²) >= 11 is 0. The Kier molecular flexibility index (Phi) is 6.62. The summed E-state index contributed by atoms with van der Waals surface area (Å²) < 4.78 is 85.7. The van der Waals surface area contributed by atoms with E-state index in [-0.39, 0.29) is 6.04 Å². The van der Waals surface area contributed by atoms with Gasteiger partial charge in [0.05, 0.1) is 23.7 Å². The largest absolute Gasteiger partial charge is 0.433 e. The lowest BCUT2D eigenvalue weighted by molar-refractivity contribution is -0.215. The topological polar surface area (TPSA) is 59.8 Å². The molecule has 2 aliphatic heterocycles. The number of alkyl halides is 6. The Labute approximate surface area is 180 Å². The average molecular weight is 464 g/mol. The maximum atomic E-state index is 13.6. The molecular formula is C20H22F6N4O2. The van der Waals surface area contributed by atoms with Gasteiger partial charge in [-0.05, 0) is 32.0 Å². The van der Waals surface area contributed by atoms with Gasteiger partial charge in [-0.15, -0.1) is 0 Å². The molecule has 2 unspecified atom stereocenters. The van der Waals surface area contributed by atoms with Crippen molar-refractivity contribution < 1.29 is 35.9 Å². The first kappa shape index (κ1) is 24.1. The van der Waals surface area contributed by atoms with Gasteiger partial charge in [-0.25, -0.2) is 0 Å². The van der Waals surface area contributed by atoms with Gasteiger partial charge in [0.25, 0.3) is 5.91 Å². The standard InChI is InChI=1S/C20H22F6N4O2/c1-12(2)28-5-7-29(8-6-28)17(31)16-11-30(18(32-16)20(24,25)26)14-4-3-13(10-27)15(9-14)19(21,22)23/h3-4,9,12,16,18H,5-8,11H2,1-2H3. The van der Waals surface area contributed by atoms with E-state index < -0.39 is 54.0 Å². The van der Waals surface area contributed by atoms with Gasteiger partial charge in [0.1, 0.15) is 0 Å². The predicted octanol–water partition coefficient (Wildman–Crippen LogP) is 3.22. The van der Waals surface area contributed by atoms with E-state index in [9.17, 15) is 31.1 Å². The molecule has 3 rings (SSSR count). The molecule has 12 heteroatoms. The molecule has 0 saturated carbocycles. The van der Waals surface area contributed by atoms with E-state index in [2.05, 4.69) is 4.90 Å². The number of amides is 1. The molecule has 0 radical (unpaired) electrons. The number of ether oxygens (including phenoxy) is 1. The number of nitriles is 1. The van der Waals surface area contributed by atoms with Gasteiger partial charge >= 0.3 is 12.4 Å². The zero-order valence-corrected chi connectivity index (χ0v) is 17.4. The Hall–Kier alpha value is -2.52.